The van der Waals surface area contributed by atoms with E-state index in [4.69, 9.17) is 9.73 Å². The molecule has 2 aromatic rings. The molecular formula is C13H13N3O3. The van der Waals surface area contributed by atoms with Gasteiger partial charge in [0.2, 0.25) is 0 Å². The molecule has 6 nitrogen and oxygen atoms in total. The molecule has 19 heavy (non-hydrogen) atoms. The minimum absolute atomic E-state index is 0.279. The van der Waals surface area contributed by atoms with Crippen molar-refractivity contribution in [3.8, 4) is 0 Å². The summed E-state index contributed by atoms with van der Waals surface area (Å²) in [6, 6.07) is 6.96. The number of hydrogen-bond donors (Lipinski definition) is 2. The fraction of sp³-hybridized carbons (Fsp3) is 0.154. The van der Waals surface area contributed by atoms with Crippen molar-refractivity contribution in [3.05, 3.63) is 47.3 Å². The number of nitrogens with one attached hydrogen (secondary N) is 1. The molecule has 0 unspecified atom stereocenters. The Morgan fingerprint density at radius 2 is 2.05 bits per heavy atom. The molecule has 0 saturated carbocycles. The van der Waals surface area contributed by atoms with Crippen LogP contribution in [0.2, 0.25) is 0 Å². The third-order valence-electron chi connectivity index (χ3n) is 2.71. The number of carbonyl (C=O) groups excluding carboxylic acids is 1. The van der Waals surface area contributed by atoms with Gasteiger partial charge < -0.3 is 15.0 Å². The van der Waals surface area contributed by atoms with Gasteiger partial charge in [0.15, 0.2) is 0 Å². The molecule has 0 fully saturated rings. The first kappa shape index (κ1) is 12.8. The second-order valence-corrected chi connectivity index (χ2v) is 4.01. The van der Waals surface area contributed by atoms with Crippen LogP contribution < -0.4 is 5.32 Å². The third-order valence-corrected chi connectivity index (χ3v) is 2.71. The zero-order valence-corrected chi connectivity index (χ0v) is 10.5. The van der Waals surface area contributed by atoms with Crippen molar-refractivity contribution in [2.24, 2.45) is 5.16 Å². The van der Waals surface area contributed by atoms with Crippen molar-refractivity contribution in [3.63, 3.8) is 0 Å². The van der Waals surface area contributed by atoms with Crippen LogP contribution in [0.15, 0.2) is 40.1 Å². The van der Waals surface area contributed by atoms with E-state index in [0.29, 0.717) is 22.7 Å². The molecule has 1 aromatic carbocycles. The average Bonchev–Trinajstić information content (AvgIpc) is 2.85. The lowest BCUT2D eigenvalue weighted by molar-refractivity contribution is 0.102. The van der Waals surface area contributed by atoms with Crippen molar-refractivity contribution in [1.29, 1.82) is 0 Å². The molecule has 2 N–H and O–H groups in total. The number of aromatic nitrogens is 1. The highest BCUT2D eigenvalue weighted by atomic mass is 16.5. The van der Waals surface area contributed by atoms with E-state index < -0.39 is 0 Å². The number of benzene rings is 1. The van der Waals surface area contributed by atoms with E-state index in [1.807, 2.05) is 0 Å². The minimum Gasteiger partial charge on any atom is -0.411 e. The second kappa shape index (κ2) is 5.34. The Balaban J connectivity index is 2.12. The van der Waals surface area contributed by atoms with Crippen molar-refractivity contribution >= 4 is 17.3 Å². The van der Waals surface area contributed by atoms with E-state index in [9.17, 15) is 4.79 Å². The summed E-state index contributed by atoms with van der Waals surface area (Å²) in [5.74, 6) is 0.191. The van der Waals surface area contributed by atoms with E-state index in [2.05, 4.69) is 15.6 Å². The van der Waals surface area contributed by atoms with Crippen LogP contribution in [0.3, 0.4) is 0 Å². The molecule has 1 heterocycles. The maximum absolute atomic E-state index is 11.9. The summed E-state index contributed by atoms with van der Waals surface area (Å²) in [6.45, 7) is 3.36. The molecule has 2 rings (SSSR count). The summed E-state index contributed by atoms with van der Waals surface area (Å²) in [5, 5.41) is 18.1. The Morgan fingerprint density at radius 1 is 1.37 bits per heavy atom. The minimum atomic E-state index is -0.279. The van der Waals surface area contributed by atoms with Gasteiger partial charge in [-0.3, -0.25) is 4.79 Å². The predicted octanol–water partition coefficient (Wildman–Crippen LogP) is 2.43. The highest BCUT2D eigenvalue weighted by Crippen LogP contribution is 2.13. The van der Waals surface area contributed by atoms with E-state index in [-0.39, 0.29) is 5.91 Å². The molecule has 0 bridgehead atoms. The zero-order chi connectivity index (χ0) is 13.8. The molecule has 1 aromatic heterocycles. The first-order chi connectivity index (χ1) is 9.11. The van der Waals surface area contributed by atoms with Gasteiger partial charge in [0.05, 0.1) is 11.9 Å². The van der Waals surface area contributed by atoms with E-state index >= 15 is 0 Å². The molecule has 0 spiro atoms. The van der Waals surface area contributed by atoms with Gasteiger partial charge >= 0.3 is 0 Å². The molecule has 6 heteroatoms. The number of rotatable bonds is 3. The summed E-state index contributed by atoms with van der Waals surface area (Å²) in [7, 11) is 0. The van der Waals surface area contributed by atoms with Gasteiger partial charge in [0.25, 0.3) is 5.91 Å². The van der Waals surface area contributed by atoms with Crippen LogP contribution in [0.1, 0.15) is 28.6 Å². The predicted molar refractivity (Wildman–Crippen MR) is 69.6 cm³/mol. The van der Waals surface area contributed by atoms with Crippen LogP contribution in [0.5, 0.6) is 0 Å². The third kappa shape index (κ3) is 2.79. The number of hydrogen-bond acceptors (Lipinski definition) is 5. The van der Waals surface area contributed by atoms with Gasteiger partial charge in [-0.2, -0.15) is 0 Å². The number of aryl methyl sites for hydroxylation is 1. The normalized spacial score (nSPS) is 11.4. The molecule has 0 aliphatic heterocycles. The first-order valence-electron chi connectivity index (χ1n) is 5.63. The molecule has 0 saturated heterocycles. The molecule has 0 atom stereocenters. The van der Waals surface area contributed by atoms with E-state index in [1.165, 1.54) is 6.20 Å². The van der Waals surface area contributed by atoms with Gasteiger partial charge in [0.1, 0.15) is 11.3 Å². The fourth-order valence-corrected chi connectivity index (χ4v) is 1.57. The number of carbonyl (C=O) groups is 1. The second-order valence-electron chi connectivity index (χ2n) is 4.01. The average molecular weight is 259 g/mol. The first-order valence-corrected chi connectivity index (χ1v) is 5.63. The standard InChI is InChI=1S/C13H13N3O3/c1-8(16-18)10-3-5-11(6-4-10)15-13(17)12-7-14-19-9(12)2/h3-7,18H,1-2H3,(H,15,17)/b16-8+. The SMILES string of the molecule is C/C(=N\O)c1ccc(NC(=O)c2cnoc2C)cc1. The van der Waals surface area contributed by atoms with Crippen LogP contribution in [0.25, 0.3) is 0 Å². The largest absolute Gasteiger partial charge is 0.411 e. The van der Waals surface area contributed by atoms with Crippen molar-refractivity contribution in [2.75, 3.05) is 5.32 Å². The number of anilines is 1. The van der Waals surface area contributed by atoms with Crippen LogP contribution in [-0.2, 0) is 0 Å². The van der Waals surface area contributed by atoms with Crippen molar-refractivity contribution in [1.82, 2.24) is 5.16 Å². The Hall–Kier alpha value is -2.63. The summed E-state index contributed by atoms with van der Waals surface area (Å²) in [4.78, 5) is 11.9. The van der Waals surface area contributed by atoms with E-state index in [0.717, 1.165) is 5.56 Å². The van der Waals surface area contributed by atoms with Gasteiger partial charge in [0, 0.05) is 5.69 Å². The maximum Gasteiger partial charge on any atom is 0.260 e. The monoisotopic (exact) mass is 259 g/mol. The zero-order valence-electron chi connectivity index (χ0n) is 10.5. The highest BCUT2D eigenvalue weighted by Gasteiger charge is 2.12. The molecule has 1 amide bonds. The molecular weight excluding hydrogens is 246 g/mol. The summed E-state index contributed by atoms with van der Waals surface area (Å²) in [6.07, 6.45) is 1.38. The van der Waals surface area contributed by atoms with Gasteiger partial charge in [-0.15, -0.1) is 0 Å². The quantitative estimate of drug-likeness (QED) is 0.503. The van der Waals surface area contributed by atoms with Crippen molar-refractivity contribution < 1.29 is 14.5 Å². The Morgan fingerprint density at radius 3 is 2.58 bits per heavy atom. The van der Waals surface area contributed by atoms with Crippen molar-refractivity contribution in [2.45, 2.75) is 13.8 Å². The lowest BCUT2D eigenvalue weighted by Gasteiger charge is -2.05. The Bertz CT molecular complexity index is 614. The fourth-order valence-electron chi connectivity index (χ4n) is 1.57. The van der Waals surface area contributed by atoms with Gasteiger partial charge in [-0.1, -0.05) is 22.4 Å². The molecule has 0 aliphatic rings. The molecule has 98 valence electrons. The number of oxime groups is 1. The summed E-state index contributed by atoms with van der Waals surface area (Å²) in [5.41, 5.74) is 2.33. The van der Waals surface area contributed by atoms with Gasteiger partial charge in [-0.25, -0.2) is 0 Å². The molecule has 0 radical (unpaired) electrons. The summed E-state index contributed by atoms with van der Waals surface area (Å²) < 4.78 is 4.83. The topological polar surface area (TPSA) is 87.7 Å². The van der Waals surface area contributed by atoms with Crippen LogP contribution in [0.4, 0.5) is 5.69 Å². The van der Waals surface area contributed by atoms with Gasteiger partial charge in [-0.05, 0) is 31.5 Å². The van der Waals surface area contributed by atoms with Crippen LogP contribution in [0, 0.1) is 6.92 Å². The number of nitrogens with zero attached hydrogens (tertiary/aromatic N) is 2. The lowest BCUT2D eigenvalue weighted by atomic mass is 10.1. The smallest absolute Gasteiger partial charge is 0.260 e. The maximum atomic E-state index is 11.9. The Kier molecular flexibility index (Phi) is 3.61. The van der Waals surface area contributed by atoms with E-state index in [1.54, 1.807) is 38.1 Å². The van der Waals surface area contributed by atoms with Crippen LogP contribution >= 0.6 is 0 Å². The number of amides is 1. The lowest BCUT2D eigenvalue weighted by Crippen LogP contribution is -2.12. The highest BCUT2D eigenvalue weighted by molar-refractivity contribution is 6.05. The van der Waals surface area contributed by atoms with Crippen LogP contribution in [-0.4, -0.2) is 22.0 Å². The Labute approximate surface area is 109 Å². The molecule has 0 aliphatic carbocycles. The summed E-state index contributed by atoms with van der Waals surface area (Å²) >= 11 is 0.